The van der Waals surface area contributed by atoms with E-state index in [0.29, 0.717) is 29.9 Å². The van der Waals surface area contributed by atoms with Gasteiger partial charge in [0, 0.05) is 0 Å². The van der Waals surface area contributed by atoms with E-state index in [4.69, 9.17) is 9.47 Å². The second-order valence-corrected chi connectivity index (χ2v) is 4.44. The van der Waals surface area contributed by atoms with E-state index in [-0.39, 0.29) is 0 Å². The Balaban J connectivity index is 3.43. The normalized spacial score (nSPS) is 10.7. The number of hydrogen-bond donors (Lipinski definition) is 1. The highest BCUT2D eigenvalue weighted by molar-refractivity contribution is 5.82. The van der Waals surface area contributed by atoms with Crippen molar-refractivity contribution >= 4 is 5.97 Å². The number of hydrogen-bond acceptors (Lipinski definition) is 3. The summed E-state index contributed by atoms with van der Waals surface area (Å²) in [6.45, 7) is 7.32. The van der Waals surface area contributed by atoms with Gasteiger partial charge in [-0.3, -0.25) is 4.79 Å². The van der Waals surface area contributed by atoms with Crippen molar-refractivity contribution < 1.29 is 19.4 Å². The van der Waals surface area contributed by atoms with Crippen molar-refractivity contribution in [2.45, 2.75) is 18.3 Å². The largest absolute Gasteiger partial charge is 0.493 e. The SMILES string of the molecule is C=CCC(CC=C)(C(=O)O)c1ccc(OC)c(OC)c1. The molecular weight excluding hydrogens is 256 g/mol. The van der Waals surface area contributed by atoms with Crippen molar-refractivity contribution in [3.8, 4) is 11.5 Å². The van der Waals surface area contributed by atoms with E-state index >= 15 is 0 Å². The molecule has 0 bridgehead atoms. The Morgan fingerprint density at radius 3 is 2.15 bits per heavy atom. The maximum absolute atomic E-state index is 11.8. The zero-order valence-electron chi connectivity index (χ0n) is 11.9. The molecule has 0 fully saturated rings. The first kappa shape index (κ1) is 15.8. The summed E-state index contributed by atoms with van der Waals surface area (Å²) in [7, 11) is 3.06. The van der Waals surface area contributed by atoms with Gasteiger partial charge in [-0.15, -0.1) is 13.2 Å². The molecule has 0 saturated carbocycles. The molecule has 0 heterocycles. The molecule has 0 spiro atoms. The Kier molecular flexibility index (Phi) is 5.38. The maximum atomic E-state index is 11.8. The van der Waals surface area contributed by atoms with Gasteiger partial charge in [0.05, 0.1) is 19.6 Å². The van der Waals surface area contributed by atoms with Crippen LogP contribution < -0.4 is 9.47 Å². The van der Waals surface area contributed by atoms with Crippen LogP contribution in [-0.2, 0) is 10.2 Å². The molecule has 1 aromatic rings. The van der Waals surface area contributed by atoms with Crippen LogP contribution in [0.15, 0.2) is 43.5 Å². The molecule has 0 aliphatic carbocycles. The molecule has 1 N–H and O–H groups in total. The Hall–Kier alpha value is -2.23. The predicted molar refractivity (Wildman–Crippen MR) is 78.5 cm³/mol. The molecule has 0 aliphatic heterocycles. The van der Waals surface area contributed by atoms with Crippen LogP contribution >= 0.6 is 0 Å². The summed E-state index contributed by atoms with van der Waals surface area (Å²) in [5.74, 6) is 0.154. The fourth-order valence-electron chi connectivity index (χ4n) is 2.24. The lowest BCUT2D eigenvalue weighted by atomic mass is 9.75. The zero-order valence-corrected chi connectivity index (χ0v) is 11.9. The van der Waals surface area contributed by atoms with Crippen molar-refractivity contribution in [2.24, 2.45) is 0 Å². The molecule has 0 amide bonds. The van der Waals surface area contributed by atoms with Gasteiger partial charge in [-0.05, 0) is 30.5 Å². The Labute approximate surface area is 119 Å². The molecule has 0 radical (unpaired) electrons. The highest BCUT2D eigenvalue weighted by Gasteiger charge is 2.38. The van der Waals surface area contributed by atoms with Gasteiger partial charge in [-0.25, -0.2) is 0 Å². The van der Waals surface area contributed by atoms with E-state index in [1.165, 1.54) is 14.2 Å². The second kappa shape index (κ2) is 6.80. The minimum Gasteiger partial charge on any atom is -0.493 e. The van der Waals surface area contributed by atoms with Gasteiger partial charge >= 0.3 is 5.97 Å². The molecule has 20 heavy (non-hydrogen) atoms. The van der Waals surface area contributed by atoms with Crippen molar-refractivity contribution in [3.05, 3.63) is 49.1 Å². The topological polar surface area (TPSA) is 55.8 Å². The number of allylic oxidation sites excluding steroid dienone is 2. The molecule has 0 saturated heterocycles. The third kappa shape index (κ3) is 2.85. The third-order valence-electron chi connectivity index (χ3n) is 3.33. The molecule has 4 nitrogen and oxygen atoms in total. The average molecular weight is 276 g/mol. The molecule has 0 atom stereocenters. The smallest absolute Gasteiger partial charge is 0.314 e. The van der Waals surface area contributed by atoms with Gasteiger partial charge in [0.1, 0.15) is 0 Å². The van der Waals surface area contributed by atoms with Crippen molar-refractivity contribution in [2.75, 3.05) is 14.2 Å². The van der Waals surface area contributed by atoms with Crippen molar-refractivity contribution in [3.63, 3.8) is 0 Å². The van der Waals surface area contributed by atoms with E-state index in [9.17, 15) is 9.90 Å². The van der Waals surface area contributed by atoms with Crippen molar-refractivity contribution in [1.29, 1.82) is 0 Å². The van der Waals surface area contributed by atoms with Gasteiger partial charge < -0.3 is 14.6 Å². The first-order chi connectivity index (χ1) is 9.55. The number of benzene rings is 1. The van der Waals surface area contributed by atoms with E-state index in [0.717, 1.165) is 0 Å². The van der Waals surface area contributed by atoms with Crippen LogP contribution in [0.25, 0.3) is 0 Å². The lowest BCUT2D eigenvalue weighted by Gasteiger charge is -2.28. The summed E-state index contributed by atoms with van der Waals surface area (Å²) in [4.78, 5) is 11.8. The number of methoxy groups -OCH3 is 2. The zero-order chi connectivity index (χ0) is 15.2. The fourth-order valence-corrected chi connectivity index (χ4v) is 2.24. The molecule has 1 aromatic carbocycles. The van der Waals surface area contributed by atoms with Crippen LogP contribution in [0.4, 0.5) is 0 Å². The highest BCUT2D eigenvalue weighted by atomic mass is 16.5. The Morgan fingerprint density at radius 2 is 1.75 bits per heavy atom. The first-order valence-electron chi connectivity index (χ1n) is 6.23. The van der Waals surface area contributed by atoms with Crippen molar-refractivity contribution in [1.82, 2.24) is 0 Å². The van der Waals surface area contributed by atoms with Gasteiger partial charge in [0.15, 0.2) is 11.5 Å². The van der Waals surface area contributed by atoms with Gasteiger partial charge in [0.25, 0.3) is 0 Å². The minimum absolute atomic E-state index is 0.309. The third-order valence-corrected chi connectivity index (χ3v) is 3.33. The predicted octanol–water partition coefficient (Wildman–Crippen LogP) is 3.18. The maximum Gasteiger partial charge on any atom is 0.314 e. The van der Waals surface area contributed by atoms with Crippen LogP contribution in [0.3, 0.4) is 0 Å². The fraction of sp³-hybridized carbons (Fsp3) is 0.312. The van der Waals surface area contributed by atoms with E-state index < -0.39 is 11.4 Å². The number of carbonyl (C=O) groups is 1. The molecule has 4 heteroatoms. The Morgan fingerprint density at radius 1 is 1.20 bits per heavy atom. The van der Waals surface area contributed by atoms with Crippen LogP contribution in [0, 0.1) is 0 Å². The molecule has 1 rings (SSSR count). The minimum atomic E-state index is -1.08. The summed E-state index contributed by atoms with van der Waals surface area (Å²) < 4.78 is 10.4. The van der Waals surface area contributed by atoms with Crippen LogP contribution in [0.1, 0.15) is 18.4 Å². The molecule has 0 unspecified atom stereocenters. The van der Waals surface area contributed by atoms with Crippen LogP contribution in [0.5, 0.6) is 11.5 Å². The highest BCUT2D eigenvalue weighted by Crippen LogP contribution is 2.38. The quantitative estimate of drug-likeness (QED) is 0.741. The summed E-state index contributed by atoms with van der Waals surface area (Å²) in [6.07, 6.45) is 3.83. The number of aliphatic carboxylic acids is 1. The van der Waals surface area contributed by atoms with Crippen LogP contribution in [-0.4, -0.2) is 25.3 Å². The van der Waals surface area contributed by atoms with E-state index in [1.807, 2.05) is 0 Å². The van der Waals surface area contributed by atoms with Crippen LogP contribution in [0.2, 0.25) is 0 Å². The standard InChI is InChI=1S/C16H20O4/c1-5-9-16(10-6-2,15(17)18)12-7-8-13(19-3)14(11-12)20-4/h5-8,11H,1-2,9-10H2,3-4H3,(H,17,18). The molecule has 108 valence electrons. The first-order valence-corrected chi connectivity index (χ1v) is 6.23. The van der Waals surface area contributed by atoms with Gasteiger partial charge in [0.2, 0.25) is 0 Å². The number of carboxylic acids is 1. The molecular formula is C16H20O4. The lowest BCUT2D eigenvalue weighted by Crippen LogP contribution is -2.35. The summed E-state index contributed by atoms with van der Waals surface area (Å²) in [6, 6.07) is 5.14. The average Bonchev–Trinajstić information content (AvgIpc) is 2.45. The summed E-state index contributed by atoms with van der Waals surface area (Å²) >= 11 is 0. The second-order valence-electron chi connectivity index (χ2n) is 4.44. The monoisotopic (exact) mass is 276 g/mol. The van der Waals surface area contributed by atoms with E-state index in [2.05, 4.69) is 13.2 Å². The van der Waals surface area contributed by atoms with Gasteiger partial charge in [-0.2, -0.15) is 0 Å². The number of ether oxygens (including phenoxy) is 2. The number of carboxylic acid groups (broad SMARTS) is 1. The van der Waals surface area contributed by atoms with E-state index in [1.54, 1.807) is 30.4 Å². The Bertz CT molecular complexity index is 495. The summed E-state index contributed by atoms with van der Waals surface area (Å²) in [5, 5.41) is 9.66. The molecule has 0 aromatic heterocycles. The summed E-state index contributed by atoms with van der Waals surface area (Å²) in [5.41, 5.74) is -0.439. The number of rotatable bonds is 8. The van der Waals surface area contributed by atoms with Gasteiger partial charge in [-0.1, -0.05) is 18.2 Å². The molecule has 0 aliphatic rings. The lowest BCUT2D eigenvalue weighted by molar-refractivity contribution is -0.143.